The van der Waals surface area contributed by atoms with Gasteiger partial charge in [-0.25, -0.2) is 0 Å². The molecule has 0 saturated carbocycles. The van der Waals surface area contributed by atoms with Gasteiger partial charge >= 0.3 is 16.4 Å². The van der Waals surface area contributed by atoms with Crippen molar-refractivity contribution in [1.82, 2.24) is 0 Å². The Morgan fingerprint density at radius 1 is 1.24 bits per heavy atom. The second-order valence-electron chi connectivity index (χ2n) is 2.87. The van der Waals surface area contributed by atoms with E-state index in [9.17, 15) is 35.6 Å². The maximum absolute atomic E-state index is 12.5. The molecule has 0 spiro atoms. The lowest BCUT2D eigenvalue weighted by Crippen LogP contribution is -2.11. The van der Waals surface area contributed by atoms with Crippen LogP contribution in [-0.4, -0.2) is 13.3 Å². The van der Waals surface area contributed by atoms with Gasteiger partial charge in [0.15, 0.2) is 0 Å². The van der Waals surface area contributed by atoms with Crippen LogP contribution in [0.15, 0.2) is 23.1 Å². The van der Waals surface area contributed by atoms with E-state index in [4.69, 9.17) is 0 Å². The molecule has 0 aliphatic heterocycles. The van der Waals surface area contributed by atoms with E-state index in [1.165, 1.54) is 0 Å². The van der Waals surface area contributed by atoms with Gasteiger partial charge in [0.1, 0.15) is 4.90 Å². The summed E-state index contributed by atoms with van der Waals surface area (Å²) in [6.45, 7) is 0. The van der Waals surface area contributed by atoms with Gasteiger partial charge in [-0.05, 0) is 6.07 Å². The second-order valence-corrected chi connectivity index (χ2v) is 4.19. The van der Waals surface area contributed by atoms with E-state index in [1.807, 2.05) is 0 Å². The molecule has 0 fully saturated rings. The molecule has 94 valence electrons. The standard InChI is InChI=1S/C7H3F4NO4S/c8-7(9,10)5-3-4(12(13)14)1-2-6(5)17(11,15)16/h1-3H. The summed E-state index contributed by atoms with van der Waals surface area (Å²) in [4.78, 5) is 7.44. The van der Waals surface area contributed by atoms with Crippen molar-refractivity contribution < 1.29 is 30.4 Å². The minimum absolute atomic E-state index is 0.0353. The summed E-state index contributed by atoms with van der Waals surface area (Å²) >= 11 is 0. The minimum Gasteiger partial charge on any atom is -0.258 e. The Bertz CT molecular complexity index is 566. The molecule has 0 unspecified atom stereocenters. The zero-order valence-corrected chi connectivity index (χ0v) is 8.55. The van der Waals surface area contributed by atoms with Crippen molar-refractivity contribution in [3.63, 3.8) is 0 Å². The molecular weight excluding hydrogens is 270 g/mol. The molecule has 17 heavy (non-hydrogen) atoms. The van der Waals surface area contributed by atoms with Gasteiger partial charge in [0.05, 0.1) is 10.5 Å². The summed E-state index contributed by atoms with van der Waals surface area (Å²) in [5.41, 5.74) is -2.89. The van der Waals surface area contributed by atoms with Crippen LogP contribution in [-0.2, 0) is 16.4 Å². The van der Waals surface area contributed by atoms with Crippen LogP contribution < -0.4 is 0 Å². The van der Waals surface area contributed by atoms with Crippen LogP contribution in [0.2, 0.25) is 0 Å². The molecule has 0 bridgehead atoms. The lowest BCUT2D eigenvalue weighted by atomic mass is 10.2. The molecule has 1 aromatic rings. The maximum Gasteiger partial charge on any atom is 0.418 e. The fourth-order valence-electron chi connectivity index (χ4n) is 1.07. The van der Waals surface area contributed by atoms with Crippen LogP contribution in [0.5, 0.6) is 0 Å². The molecule has 0 heterocycles. The van der Waals surface area contributed by atoms with E-state index >= 15 is 0 Å². The number of hydrogen-bond donors (Lipinski definition) is 0. The molecule has 0 radical (unpaired) electrons. The molecule has 1 rings (SSSR count). The predicted octanol–water partition coefficient (Wildman–Crippen LogP) is 2.27. The van der Waals surface area contributed by atoms with Crippen molar-refractivity contribution in [3.05, 3.63) is 33.9 Å². The van der Waals surface area contributed by atoms with Crippen molar-refractivity contribution in [2.45, 2.75) is 11.1 Å². The van der Waals surface area contributed by atoms with Gasteiger partial charge in [-0.1, -0.05) is 0 Å². The van der Waals surface area contributed by atoms with Gasteiger partial charge in [-0.2, -0.15) is 21.6 Å². The van der Waals surface area contributed by atoms with Crippen LogP contribution in [0, 0.1) is 10.1 Å². The van der Waals surface area contributed by atoms with Crippen LogP contribution in [0.3, 0.4) is 0 Å². The van der Waals surface area contributed by atoms with Crippen molar-refractivity contribution in [2.24, 2.45) is 0 Å². The third kappa shape index (κ3) is 2.90. The van der Waals surface area contributed by atoms with Gasteiger partial charge < -0.3 is 0 Å². The Labute approximate surface area is 92.0 Å². The van der Waals surface area contributed by atoms with Gasteiger partial charge in [-0.15, -0.1) is 3.89 Å². The number of alkyl halides is 3. The molecule has 10 heteroatoms. The van der Waals surface area contributed by atoms with E-state index in [2.05, 4.69) is 0 Å². The summed E-state index contributed by atoms with van der Waals surface area (Å²) in [7, 11) is -5.60. The number of non-ortho nitro benzene ring substituents is 1. The summed E-state index contributed by atoms with van der Waals surface area (Å²) in [6.07, 6.45) is -5.21. The summed E-state index contributed by atoms with van der Waals surface area (Å²) in [5, 5.41) is 10.2. The van der Waals surface area contributed by atoms with Crippen molar-refractivity contribution in [3.8, 4) is 0 Å². The molecule has 0 aliphatic rings. The molecule has 0 N–H and O–H groups in total. The number of halogens is 4. The Kier molecular flexibility index (Phi) is 3.10. The van der Waals surface area contributed by atoms with E-state index in [1.54, 1.807) is 0 Å². The van der Waals surface area contributed by atoms with E-state index in [0.29, 0.717) is 6.07 Å². The van der Waals surface area contributed by atoms with E-state index in [0.717, 1.165) is 0 Å². The summed E-state index contributed by atoms with van der Waals surface area (Å²) in [6, 6.07) is 0.643. The molecule has 5 nitrogen and oxygen atoms in total. The quantitative estimate of drug-likeness (QED) is 0.358. The van der Waals surface area contributed by atoms with E-state index in [-0.39, 0.29) is 12.1 Å². The number of rotatable bonds is 2. The molecular formula is C7H3F4NO4S. The second kappa shape index (κ2) is 3.95. The number of hydrogen-bond acceptors (Lipinski definition) is 4. The van der Waals surface area contributed by atoms with Gasteiger partial charge in [0.2, 0.25) is 0 Å². The van der Waals surface area contributed by atoms with Gasteiger partial charge in [0, 0.05) is 12.1 Å². The molecule has 0 aliphatic carbocycles. The Morgan fingerprint density at radius 2 is 1.76 bits per heavy atom. The zero-order valence-electron chi connectivity index (χ0n) is 7.73. The molecule has 1 aromatic carbocycles. The number of nitrogens with zero attached hydrogens (tertiary/aromatic N) is 1. The predicted molar refractivity (Wildman–Crippen MR) is 46.4 cm³/mol. The van der Waals surface area contributed by atoms with Crippen molar-refractivity contribution in [2.75, 3.05) is 0 Å². The first kappa shape index (κ1) is 13.4. The largest absolute Gasteiger partial charge is 0.418 e. The number of nitro benzene ring substituents is 1. The Hall–Kier alpha value is -1.71. The highest BCUT2D eigenvalue weighted by atomic mass is 32.3. The number of benzene rings is 1. The van der Waals surface area contributed by atoms with Crippen LogP contribution in [0.25, 0.3) is 0 Å². The van der Waals surface area contributed by atoms with Crippen LogP contribution >= 0.6 is 0 Å². The van der Waals surface area contributed by atoms with Crippen molar-refractivity contribution >= 4 is 15.9 Å². The van der Waals surface area contributed by atoms with Crippen molar-refractivity contribution in [1.29, 1.82) is 0 Å². The fourth-order valence-corrected chi connectivity index (χ4v) is 1.73. The van der Waals surface area contributed by atoms with Gasteiger partial charge in [0.25, 0.3) is 5.69 Å². The molecule has 0 amide bonds. The maximum atomic E-state index is 12.5. The third-order valence-electron chi connectivity index (χ3n) is 1.74. The SMILES string of the molecule is O=[N+]([O-])c1ccc(S(=O)(=O)F)c(C(F)(F)F)c1. The minimum atomic E-state index is -5.60. The first-order valence-corrected chi connectivity index (χ1v) is 5.22. The average Bonchev–Trinajstić information content (AvgIpc) is 2.14. The topological polar surface area (TPSA) is 77.3 Å². The Balaban J connectivity index is 3.60. The number of nitro groups is 1. The highest BCUT2D eigenvalue weighted by molar-refractivity contribution is 7.86. The summed E-state index contributed by atoms with van der Waals surface area (Å²) in [5.74, 6) is 0. The third-order valence-corrected chi connectivity index (χ3v) is 2.62. The molecule has 0 saturated heterocycles. The summed E-state index contributed by atoms with van der Waals surface area (Å²) < 4.78 is 70.5. The van der Waals surface area contributed by atoms with Crippen LogP contribution in [0.4, 0.5) is 22.7 Å². The highest BCUT2D eigenvalue weighted by Crippen LogP contribution is 2.36. The molecule has 0 aromatic heterocycles. The van der Waals surface area contributed by atoms with Gasteiger partial charge in [-0.3, -0.25) is 10.1 Å². The smallest absolute Gasteiger partial charge is 0.258 e. The normalized spacial score (nSPS) is 12.5. The van der Waals surface area contributed by atoms with Crippen LogP contribution in [0.1, 0.15) is 5.56 Å². The molecule has 0 atom stereocenters. The average molecular weight is 273 g/mol. The first-order chi connectivity index (χ1) is 7.53. The highest BCUT2D eigenvalue weighted by Gasteiger charge is 2.38. The lowest BCUT2D eigenvalue weighted by molar-refractivity contribution is -0.385. The monoisotopic (exact) mass is 273 g/mol. The lowest BCUT2D eigenvalue weighted by Gasteiger charge is -2.09. The zero-order chi connectivity index (χ0) is 13.4. The Morgan fingerprint density at radius 3 is 2.12 bits per heavy atom. The first-order valence-electron chi connectivity index (χ1n) is 3.84. The van der Waals surface area contributed by atoms with E-state index < -0.39 is 37.5 Å². The fraction of sp³-hybridized carbons (Fsp3) is 0.143.